The Morgan fingerprint density at radius 1 is 1.21 bits per heavy atom. The summed E-state index contributed by atoms with van der Waals surface area (Å²) >= 11 is 13.2. The van der Waals surface area contributed by atoms with Gasteiger partial charge in [-0.15, -0.1) is 11.8 Å². The zero-order valence-electron chi connectivity index (χ0n) is 9.87. The van der Waals surface area contributed by atoms with Crippen molar-refractivity contribution < 1.29 is 4.39 Å². The van der Waals surface area contributed by atoms with Crippen LogP contribution in [0, 0.1) is 5.82 Å². The lowest BCUT2D eigenvalue weighted by Crippen LogP contribution is -1.99. The van der Waals surface area contributed by atoms with Crippen LogP contribution in [0.15, 0.2) is 11.2 Å². The molecule has 100 valence electrons. The largest absolute Gasteiger partial charge is 0.241 e. The average Bonchev–Trinajstić information content (AvgIpc) is 2.87. The van der Waals surface area contributed by atoms with E-state index in [1.54, 1.807) is 11.8 Å². The number of fused-ring (bicyclic) bond motifs is 1. The molecule has 0 bridgehead atoms. The maximum absolute atomic E-state index is 13.9. The zero-order chi connectivity index (χ0) is 13.4. The predicted octanol–water partition coefficient (Wildman–Crippen LogP) is 4.51. The molecule has 19 heavy (non-hydrogen) atoms. The van der Waals surface area contributed by atoms with Gasteiger partial charge in [0.2, 0.25) is 5.28 Å². The Hall–Kier alpha value is -0.650. The molecule has 1 aliphatic carbocycles. The Balaban J connectivity index is 2.10. The molecule has 0 atom stereocenters. The molecule has 2 heterocycles. The van der Waals surface area contributed by atoms with Gasteiger partial charge in [-0.2, -0.15) is 0 Å². The van der Waals surface area contributed by atoms with E-state index in [4.69, 9.17) is 23.2 Å². The zero-order valence-corrected chi connectivity index (χ0v) is 12.2. The van der Waals surface area contributed by atoms with Crippen molar-refractivity contribution in [2.24, 2.45) is 0 Å². The Morgan fingerprint density at radius 3 is 2.68 bits per heavy atom. The molecular weight excluding hydrogens is 308 g/mol. The Bertz CT molecular complexity index is 632. The monoisotopic (exact) mass is 317 g/mol. The summed E-state index contributed by atoms with van der Waals surface area (Å²) < 4.78 is 13.9. The Kier molecular flexibility index (Phi) is 3.78. The minimum Gasteiger partial charge on any atom is -0.241 e. The van der Waals surface area contributed by atoms with E-state index in [0.29, 0.717) is 15.7 Å². The average molecular weight is 318 g/mol. The fourth-order valence-corrected chi connectivity index (χ4v) is 3.89. The van der Waals surface area contributed by atoms with Gasteiger partial charge in [-0.1, -0.05) is 24.4 Å². The van der Waals surface area contributed by atoms with Crippen molar-refractivity contribution in [3.63, 3.8) is 0 Å². The van der Waals surface area contributed by atoms with Gasteiger partial charge in [0.15, 0.2) is 11.0 Å². The number of halogens is 3. The molecule has 0 radical (unpaired) electrons. The highest BCUT2D eigenvalue weighted by atomic mass is 35.5. The quantitative estimate of drug-likeness (QED) is 0.464. The molecule has 0 amide bonds. The molecule has 1 aliphatic rings. The second-order valence-electron chi connectivity index (χ2n) is 4.45. The third-order valence-electron chi connectivity index (χ3n) is 3.16. The van der Waals surface area contributed by atoms with Crippen LogP contribution in [-0.4, -0.2) is 20.2 Å². The van der Waals surface area contributed by atoms with Crippen molar-refractivity contribution in [1.82, 2.24) is 15.0 Å². The number of hydrogen-bond donors (Lipinski definition) is 0. The van der Waals surface area contributed by atoms with Gasteiger partial charge in [-0.25, -0.2) is 19.3 Å². The summed E-state index contributed by atoms with van der Waals surface area (Å²) in [6.07, 6.45) is 6.27. The molecule has 2 aromatic rings. The van der Waals surface area contributed by atoms with Gasteiger partial charge >= 0.3 is 0 Å². The van der Waals surface area contributed by atoms with Crippen LogP contribution in [0.2, 0.25) is 10.4 Å². The van der Waals surface area contributed by atoms with Crippen molar-refractivity contribution in [1.29, 1.82) is 0 Å². The van der Waals surface area contributed by atoms with Crippen LogP contribution >= 0.6 is 35.0 Å². The summed E-state index contributed by atoms with van der Waals surface area (Å²) in [5.74, 6) is -0.642. The fourth-order valence-electron chi connectivity index (χ4n) is 2.24. The van der Waals surface area contributed by atoms with Gasteiger partial charge in [0, 0.05) is 11.4 Å². The Labute approximate surface area is 123 Å². The number of rotatable bonds is 2. The topological polar surface area (TPSA) is 38.7 Å². The van der Waals surface area contributed by atoms with Crippen LogP contribution in [0.4, 0.5) is 4.39 Å². The van der Waals surface area contributed by atoms with Gasteiger partial charge in [0.05, 0.1) is 5.39 Å². The summed E-state index contributed by atoms with van der Waals surface area (Å²) in [4.78, 5) is 11.9. The number of thioether (sulfide) groups is 1. The predicted molar refractivity (Wildman–Crippen MR) is 75.4 cm³/mol. The first kappa shape index (κ1) is 13.3. The molecule has 0 spiro atoms. The molecule has 0 saturated heterocycles. The van der Waals surface area contributed by atoms with Crippen LogP contribution < -0.4 is 0 Å². The van der Waals surface area contributed by atoms with Crippen LogP contribution in [0.5, 0.6) is 0 Å². The number of nitrogens with zero attached hydrogens (tertiary/aromatic N) is 3. The molecule has 1 fully saturated rings. The third kappa shape index (κ3) is 2.64. The van der Waals surface area contributed by atoms with Crippen molar-refractivity contribution in [2.45, 2.75) is 36.0 Å². The van der Waals surface area contributed by atoms with E-state index in [-0.39, 0.29) is 16.0 Å². The first-order chi connectivity index (χ1) is 9.15. The van der Waals surface area contributed by atoms with E-state index in [1.807, 2.05) is 0 Å². The second kappa shape index (κ2) is 5.38. The van der Waals surface area contributed by atoms with E-state index in [2.05, 4.69) is 15.0 Å². The summed E-state index contributed by atoms with van der Waals surface area (Å²) in [7, 11) is 0. The molecule has 2 aromatic heterocycles. The molecule has 7 heteroatoms. The van der Waals surface area contributed by atoms with Crippen LogP contribution in [-0.2, 0) is 0 Å². The first-order valence-corrected chi connectivity index (χ1v) is 7.62. The summed E-state index contributed by atoms with van der Waals surface area (Å²) in [6.45, 7) is 0. The number of aromatic nitrogens is 3. The molecule has 0 aromatic carbocycles. The van der Waals surface area contributed by atoms with Crippen LogP contribution in [0.3, 0.4) is 0 Å². The molecular formula is C12H10Cl2FN3S. The molecule has 0 aliphatic heterocycles. The molecule has 3 rings (SSSR count). The van der Waals surface area contributed by atoms with Gasteiger partial charge < -0.3 is 0 Å². The highest BCUT2D eigenvalue weighted by Crippen LogP contribution is 2.37. The Morgan fingerprint density at radius 2 is 1.95 bits per heavy atom. The van der Waals surface area contributed by atoms with E-state index in [0.717, 1.165) is 12.8 Å². The van der Waals surface area contributed by atoms with Crippen molar-refractivity contribution in [2.75, 3.05) is 0 Å². The minimum atomic E-state index is -0.642. The van der Waals surface area contributed by atoms with Crippen LogP contribution in [0.25, 0.3) is 10.9 Å². The van der Waals surface area contributed by atoms with Gasteiger partial charge in [-0.3, -0.25) is 0 Å². The van der Waals surface area contributed by atoms with Crippen molar-refractivity contribution >= 4 is 45.9 Å². The minimum absolute atomic E-state index is 0.0363. The lowest BCUT2D eigenvalue weighted by Gasteiger charge is -2.10. The first-order valence-electron chi connectivity index (χ1n) is 5.99. The second-order valence-corrected chi connectivity index (χ2v) is 6.43. The van der Waals surface area contributed by atoms with E-state index >= 15 is 0 Å². The van der Waals surface area contributed by atoms with E-state index in [1.165, 1.54) is 19.0 Å². The molecule has 0 N–H and O–H groups in total. The summed E-state index contributed by atoms with van der Waals surface area (Å²) in [5.41, 5.74) is 0.139. The summed E-state index contributed by atoms with van der Waals surface area (Å²) in [6, 6.07) is 0. The molecule has 1 saturated carbocycles. The molecule has 0 unspecified atom stereocenters. The highest BCUT2D eigenvalue weighted by molar-refractivity contribution is 8.00. The standard InChI is InChI=1S/C12H10Cl2FN3S/c13-10-8(15)9-7(5-16-10)11(18-12(14)17-9)19-6-3-1-2-4-6/h5-6H,1-4H2. The lowest BCUT2D eigenvalue weighted by atomic mass is 10.3. The van der Waals surface area contributed by atoms with E-state index < -0.39 is 5.82 Å². The van der Waals surface area contributed by atoms with Gasteiger partial charge in [0.25, 0.3) is 0 Å². The fraction of sp³-hybridized carbons (Fsp3) is 0.417. The molecule has 3 nitrogen and oxygen atoms in total. The van der Waals surface area contributed by atoms with Gasteiger partial charge in [0.1, 0.15) is 10.5 Å². The van der Waals surface area contributed by atoms with Crippen molar-refractivity contribution in [3.05, 3.63) is 22.5 Å². The normalized spacial score (nSPS) is 16.4. The van der Waals surface area contributed by atoms with E-state index in [9.17, 15) is 4.39 Å². The number of hydrogen-bond acceptors (Lipinski definition) is 4. The lowest BCUT2D eigenvalue weighted by molar-refractivity contribution is 0.630. The summed E-state index contributed by atoms with van der Waals surface area (Å²) in [5, 5.41) is 1.61. The van der Waals surface area contributed by atoms with Crippen molar-refractivity contribution in [3.8, 4) is 0 Å². The maximum atomic E-state index is 13.9. The smallest absolute Gasteiger partial charge is 0.224 e. The van der Waals surface area contributed by atoms with Crippen LogP contribution in [0.1, 0.15) is 25.7 Å². The van der Waals surface area contributed by atoms with Gasteiger partial charge in [-0.05, 0) is 24.4 Å². The number of pyridine rings is 1. The maximum Gasteiger partial charge on any atom is 0.224 e. The third-order valence-corrected chi connectivity index (χ3v) is 4.93. The highest BCUT2D eigenvalue weighted by Gasteiger charge is 2.20. The SMILES string of the molecule is Fc1c(Cl)ncc2c(SC3CCCC3)nc(Cl)nc12.